The van der Waals surface area contributed by atoms with Crippen molar-refractivity contribution in [2.45, 2.75) is 145 Å². The van der Waals surface area contributed by atoms with Crippen LogP contribution in [0.5, 0.6) is 0 Å². The lowest BCUT2D eigenvalue weighted by molar-refractivity contribution is -0.156. The number of fused-ring (bicyclic) bond motifs is 4. The minimum Gasteiger partial charge on any atom is -0.460 e. The number of rotatable bonds is 16. The van der Waals surface area contributed by atoms with E-state index in [2.05, 4.69) is 74.6 Å². The Kier molecular flexibility index (Phi) is 25.2. The number of esters is 2. The maximum Gasteiger partial charge on any atom is 0.306 e. The maximum absolute atomic E-state index is 12.3. The van der Waals surface area contributed by atoms with Crippen LogP contribution in [0.4, 0.5) is 0 Å². The van der Waals surface area contributed by atoms with Crippen LogP contribution in [0.3, 0.4) is 0 Å². The molecule has 16 rings (SSSR count). The van der Waals surface area contributed by atoms with E-state index in [1.807, 2.05) is 303 Å². The number of hydrogen-bond acceptors (Lipinski definition) is 22. The Bertz CT molecular complexity index is 6760. The molecule has 0 radical (unpaired) electrons. The lowest BCUT2D eigenvalue weighted by Gasteiger charge is -2.21. The Morgan fingerprint density at radius 1 is 0.377 bits per heavy atom. The molecule has 608 valence electrons. The standard InChI is InChI=1S/2C27H27N5O2.2C21H18N6/c1-17(12-26(33)34-27(3,4)5)22-9-7-10-23(30-22)19-13-20(15-28)21-16-32(31-24(21)14-19)25-11-6-8-18(2)29-25;1-17(12-26(33)34-27(3,4)5)22-9-7-10-23(31-22)19-13-20(15-28)21-16-29-32(24(21)14-19)25-11-6-8-18(2)30-25;1-13-5-3-8-21(24-13)27-12-17-16(11-22)9-15(10-20(17)26-27)19-7-4-6-18(25-19)14(2)23;1-13-5-3-8-21(25-13)27-20-10-15(9-16(11-22)17(20)12-24-27)19-7-4-6-18(26-19)14(2)23/h2*6-11,13-14,16-17H,12H2,1-5H3;2*3-10,12,14H,23H2,1-2H3. The molecule has 26 nitrogen and oxygen atoms in total. The van der Waals surface area contributed by atoms with Crippen LogP contribution in [0.2, 0.25) is 0 Å². The zero-order chi connectivity index (χ0) is 86.8. The monoisotopic (exact) mass is 1610 g/mol. The van der Waals surface area contributed by atoms with Crippen molar-refractivity contribution in [3.05, 3.63) is 287 Å². The summed E-state index contributed by atoms with van der Waals surface area (Å²) in [6.07, 6.45) is 7.53. The quantitative estimate of drug-likeness (QED) is 0.0848. The number of ether oxygens (including phenoxy) is 2. The lowest BCUT2D eigenvalue weighted by atomic mass is 10.0. The largest absolute Gasteiger partial charge is 0.460 e. The van der Waals surface area contributed by atoms with Crippen LogP contribution in [0.1, 0.15) is 174 Å². The highest BCUT2D eigenvalue weighted by atomic mass is 16.6. The average molecular weight is 1620 g/mol. The summed E-state index contributed by atoms with van der Waals surface area (Å²) in [6.45, 7) is 26.6. The number of pyridine rings is 8. The van der Waals surface area contributed by atoms with Gasteiger partial charge in [-0.2, -0.15) is 41.4 Å². The molecule has 12 aromatic heterocycles. The molecule has 4 unspecified atom stereocenters. The van der Waals surface area contributed by atoms with Gasteiger partial charge in [-0.1, -0.05) is 62.4 Å². The number of nitrogens with two attached hydrogens (primary N) is 2. The van der Waals surface area contributed by atoms with E-state index in [1.54, 1.807) is 31.1 Å². The number of aromatic nitrogens is 16. The fourth-order valence-corrected chi connectivity index (χ4v) is 13.6. The normalized spacial score (nSPS) is 12.2. The van der Waals surface area contributed by atoms with Crippen molar-refractivity contribution >= 4 is 55.6 Å². The Morgan fingerprint density at radius 3 is 0.975 bits per heavy atom. The van der Waals surface area contributed by atoms with Gasteiger partial charge in [-0.15, -0.1) is 0 Å². The maximum atomic E-state index is 12.3. The van der Waals surface area contributed by atoms with Gasteiger partial charge in [-0.05, 0) is 229 Å². The molecule has 0 aliphatic heterocycles. The molecule has 0 saturated heterocycles. The summed E-state index contributed by atoms with van der Waals surface area (Å²) in [5.74, 6) is 2.07. The third-order valence-corrected chi connectivity index (χ3v) is 19.5. The fraction of sp³-hybridized carbons (Fsp3) is 0.229. The number of aryl methyl sites for hydroxylation is 4. The third kappa shape index (κ3) is 20.1. The van der Waals surface area contributed by atoms with Crippen LogP contribution < -0.4 is 11.5 Å². The number of benzene rings is 4. The second-order valence-electron chi connectivity index (χ2n) is 31.8. The molecule has 0 aliphatic carbocycles. The predicted molar refractivity (Wildman–Crippen MR) is 469 cm³/mol. The van der Waals surface area contributed by atoms with Crippen molar-refractivity contribution in [2.75, 3.05) is 0 Å². The van der Waals surface area contributed by atoms with Crippen LogP contribution in [-0.2, 0) is 19.1 Å². The SMILES string of the molecule is Cc1cccc(-n2cc3c(C#N)cc(-c4cccc(C(C)CC(=O)OC(C)(C)C)n4)cc3n2)n1.Cc1cccc(-n2cc3c(C#N)cc(-c4cccc(C(C)N)n4)cc3n2)n1.Cc1cccc(-n2ncc3c(C#N)cc(-c4cccc(C(C)CC(=O)OC(C)(C)C)n4)cc32)n1.Cc1cccc(-n2ncc3c(C#N)cc(-c4cccc(C(C)N)n4)cc32)n1. The van der Waals surface area contributed by atoms with E-state index >= 15 is 0 Å². The number of carbonyl (C=O) groups is 2. The highest BCUT2D eigenvalue weighted by Gasteiger charge is 2.25. The van der Waals surface area contributed by atoms with Gasteiger partial charge in [0, 0.05) is 114 Å². The van der Waals surface area contributed by atoms with Crippen LogP contribution in [0, 0.1) is 73.0 Å². The molecule has 0 aliphatic rings. The Balaban J connectivity index is 0.000000141. The first-order valence-corrected chi connectivity index (χ1v) is 39.7. The molecule has 0 spiro atoms. The van der Waals surface area contributed by atoms with Gasteiger partial charge in [0.25, 0.3) is 0 Å². The average Bonchev–Trinajstić information content (AvgIpc) is 1.68. The molecule has 16 aromatic rings. The van der Waals surface area contributed by atoms with Gasteiger partial charge in [0.2, 0.25) is 0 Å². The smallest absolute Gasteiger partial charge is 0.306 e. The molecule has 0 saturated carbocycles. The second-order valence-corrected chi connectivity index (χ2v) is 31.8. The van der Waals surface area contributed by atoms with Crippen molar-refractivity contribution in [1.82, 2.24) is 79.0 Å². The number of nitrogens with zero attached hydrogens (tertiary/aromatic N) is 20. The first-order valence-electron chi connectivity index (χ1n) is 39.7. The van der Waals surface area contributed by atoms with Gasteiger partial charge >= 0.3 is 11.9 Å². The minimum atomic E-state index is -0.524. The summed E-state index contributed by atoms with van der Waals surface area (Å²) < 4.78 is 17.8. The van der Waals surface area contributed by atoms with E-state index in [4.69, 9.17) is 30.9 Å². The van der Waals surface area contributed by atoms with Gasteiger partial charge in [0.1, 0.15) is 11.2 Å². The van der Waals surface area contributed by atoms with E-state index in [0.29, 0.717) is 51.0 Å². The Hall–Kier alpha value is -15.2. The van der Waals surface area contributed by atoms with Crippen molar-refractivity contribution < 1.29 is 19.1 Å². The first-order chi connectivity index (χ1) is 58.4. The highest BCUT2D eigenvalue weighted by Crippen LogP contribution is 2.35. The predicted octanol–water partition coefficient (Wildman–Crippen LogP) is 18.4. The molecule has 4 aromatic carbocycles. The number of carbonyl (C=O) groups excluding carboxylic acids is 2. The molecule has 0 amide bonds. The van der Waals surface area contributed by atoms with E-state index in [-0.39, 0.29) is 48.7 Å². The topological polar surface area (TPSA) is 374 Å². The summed E-state index contributed by atoms with van der Waals surface area (Å²) in [4.78, 5) is 61.6. The van der Waals surface area contributed by atoms with Crippen molar-refractivity contribution in [3.63, 3.8) is 0 Å². The van der Waals surface area contributed by atoms with Gasteiger partial charge in [-0.25, -0.2) is 38.7 Å². The van der Waals surface area contributed by atoms with E-state index in [1.165, 1.54) is 0 Å². The summed E-state index contributed by atoms with van der Waals surface area (Å²) in [5.41, 5.74) is 29.0. The van der Waals surface area contributed by atoms with Crippen molar-refractivity contribution in [1.29, 1.82) is 21.0 Å². The van der Waals surface area contributed by atoms with Crippen LogP contribution >= 0.6 is 0 Å². The van der Waals surface area contributed by atoms with E-state index in [9.17, 15) is 30.6 Å². The van der Waals surface area contributed by atoms with Gasteiger partial charge in [0.05, 0.1) is 128 Å². The molecule has 12 heterocycles. The van der Waals surface area contributed by atoms with Gasteiger partial charge in [0.15, 0.2) is 23.3 Å². The van der Waals surface area contributed by atoms with Crippen LogP contribution in [0.15, 0.2) is 219 Å². The zero-order valence-corrected chi connectivity index (χ0v) is 70.2. The minimum absolute atomic E-state index is 0.111. The summed E-state index contributed by atoms with van der Waals surface area (Å²) >= 11 is 0. The van der Waals surface area contributed by atoms with Crippen LogP contribution in [0.25, 0.3) is 112 Å². The molecule has 0 fully saturated rings. The highest BCUT2D eigenvalue weighted by molar-refractivity contribution is 5.93. The first kappa shape index (κ1) is 84.7. The molecule has 4 N–H and O–H groups in total. The van der Waals surface area contributed by atoms with E-state index < -0.39 is 11.2 Å². The Labute approximate surface area is 706 Å². The summed E-state index contributed by atoms with van der Waals surface area (Å²) in [7, 11) is 0. The third-order valence-electron chi connectivity index (χ3n) is 19.5. The van der Waals surface area contributed by atoms with Gasteiger partial charge < -0.3 is 20.9 Å². The Morgan fingerprint density at radius 2 is 0.664 bits per heavy atom. The number of nitriles is 4. The van der Waals surface area contributed by atoms with Crippen molar-refractivity contribution in [3.8, 4) is 92.6 Å². The fourth-order valence-electron chi connectivity index (χ4n) is 13.6. The van der Waals surface area contributed by atoms with Crippen LogP contribution in [-0.4, -0.2) is 102 Å². The molecule has 4 atom stereocenters. The molecular formula is C96H90N22O4. The molecule has 26 heteroatoms. The molecule has 122 heavy (non-hydrogen) atoms. The molecule has 0 bridgehead atoms. The van der Waals surface area contributed by atoms with Gasteiger partial charge in [-0.3, -0.25) is 29.5 Å². The lowest BCUT2D eigenvalue weighted by Crippen LogP contribution is -2.24. The summed E-state index contributed by atoms with van der Waals surface area (Å²) in [6, 6.07) is 69.8. The zero-order valence-electron chi connectivity index (χ0n) is 70.2. The molecular weight excluding hydrogens is 1530 g/mol. The van der Waals surface area contributed by atoms with Crippen molar-refractivity contribution in [2.24, 2.45) is 11.5 Å². The second kappa shape index (κ2) is 36.3. The van der Waals surface area contributed by atoms with E-state index in [0.717, 1.165) is 129 Å². The summed E-state index contributed by atoms with van der Waals surface area (Å²) in [5, 5.41) is 60.2. The number of hydrogen-bond donors (Lipinski definition) is 2.